The Labute approximate surface area is 108 Å². The number of hydrogen-bond acceptors (Lipinski definition) is 5. The number of nitrogen functional groups attached to an aromatic ring is 1. The Morgan fingerprint density at radius 1 is 1.22 bits per heavy atom. The van der Waals surface area contributed by atoms with E-state index < -0.39 is 0 Å². The van der Waals surface area contributed by atoms with Gasteiger partial charge in [0.1, 0.15) is 11.2 Å². The molecule has 4 nitrogen and oxygen atoms in total. The molecule has 0 amide bonds. The van der Waals surface area contributed by atoms with Gasteiger partial charge in [-0.1, -0.05) is 6.07 Å². The van der Waals surface area contributed by atoms with Crippen LogP contribution in [-0.4, -0.2) is 9.97 Å². The number of nitrogens with zero attached hydrogens (tertiary/aromatic N) is 2. The highest BCUT2D eigenvalue weighted by molar-refractivity contribution is 7.16. The molecule has 0 aliphatic carbocycles. The number of anilines is 1. The van der Waals surface area contributed by atoms with Gasteiger partial charge < -0.3 is 10.5 Å². The highest BCUT2D eigenvalue weighted by atomic mass is 32.1. The highest BCUT2D eigenvalue weighted by Gasteiger charge is 2.09. The Morgan fingerprint density at radius 2 is 2.11 bits per heavy atom. The maximum atomic E-state index is 5.89. The Balaban J connectivity index is 2.06. The van der Waals surface area contributed by atoms with Crippen LogP contribution < -0.4 is 10.5 Å². The van der Waals surface area contributed by atoms with Gasteiger partial charge in [0.25, 0.3) is 0 Å². The first kappa shape index (κ1) is 11.0. The molecule has 3 rings (SSSR count). The third-order valence-corrected chi connectivity index (χ3v) is 3.42. The van der Waals surface area contributed by atoms with Crippen molar-refractivity contribution in [1.29, 1.82) is 0 Å². The predicted octanol–water partition coefficient (Wildman–Crippen LogP) is 3.37. The molecule has 2 N–H and O–H groups in total. The molecule has 0 saturated heterocycles. The van der Waals surface area contributed by atoms with Crippen LogP contribution in [0.5, 0.6) is 11.6 Å². The summed E-state index contributed by atoms with van der Waals surface area (Å²) in [4.78, 5) is 9.25. The second-order valence-electron chi connectivity index (χ2n) is 3.96. The minimum Gasteiger partial charge on any atom is -0.436 e. The Hall–Kier alpha value is -2.14. The number of hydrogen-bond donors (Lipinski definition) is 1. The zero-order valence-corrected chi connectivity index (χ0v) is 10.6. The summed E-state index contributed by atoms with van der Waals surface area (Å²) in [6.45, 7) is 1.99. The number of benzene rings is 1. The van der Waals surface area contributed by atoms with Crippen molar-refractivity contribution in [3.05, 3.63) is 41.5 Å². The van der Waals surface area contributed by atoms with Gasteiger partial charge in [0.15, 0.2) is 5.75 Å². The van der Waals surface area contributed by atoms with Gasteiger partial charge in [-0.3, -0.25) is 0 Å². The molecular weight excluding hydrogens is 246 g/mol. The number of aromatic nitrogens is 2. The topological polar surface area (TPSA) is 61.0 Å². The summed E-state index contributed by atoms with van der Waals surface area (Å²) in [7, 11) is 0. The number of rotatable bonds is 2. The van der Waals surface area contributed by atoms with E-state index in [0.29, 0.717) is 17.3 Å². The zero-order chi connectivity index (χ0) is 12.5. The van der Waals surface area contributed by atoms with Crippen molar-refractivity contribution in [3.8, 4) is 11.6 Å². The number of ether oxygens (including phenoxy) is 1. The van der Waals surface area contributed by atoms with E-state index in [0.717, 1.165) is 15.8 Å². The molecular formula is C13H11N3OS. The van der Waals surface area contributed by atoms with Gasteiger partial charge in [0.05, 0.1) is 11.1 Å². The standard InChI is InChI=1S/C13H11N3OS/c1-8-2-3-10(14)11(6-8)17-12-9-4-5-18-13(9)16-7-15-12/h2-7H,14H2,1H3. The van der Waals surface area contributed by atoms with Crippen LogP contribution in [0.1, 0.15) is 5.56 Å². The van der Waals surface area contributed by atoms with E-state index in [9.17, 15) is 0 Å². The van der Waals surface area contributed by atoms with Gasteiger partial charge >= 0.3 is 0 Å². The lowest BCUT2D eigenvalue weighted by atomic mass is 10.2. The second-order valence-corrected chi connectivity index (χ2v) is 4.86. The summed E-state index contributed by atoms with van der Waals surface area (Å²) in [6, 6.07) is 7.62. The van der Waals surface area contributed by atoms with E-state index in [1.165, 1.54) is 6.33 Å². The molecule has 0 unspecified atom stereocenters. The van der Waals surface area contributed by atoms with Crippen molar-refractivity contribution in [3.63, 3.8) is 0 Å². The van der Waals surface area contributed by atoms with E-state index in [-0.39, 0.29) is 0 Å². The first-order valence-electron chi connectivity index (χ1n) is 5.46. The van der Waals surface area contributed by atoms with Crippen LogP contribution in [-0.2, 0) is 0 Å². The monoisotopic (exact) mass is 257 g/mol. The lowest BCUT2D eigenvalue weighted by Gasteiger charge is -2.08. The number of fused-ring (bicyclic) bond motifs is 1. The summed E-state index contributed by atoms with van der Waals surface area (Å²) in [6.07, 6.45) is 1.50. The second kappa shape index (κ2) is 4.27. The molecule has 90 valence electrons. The van der Waals surface area contributed by atoms with E-state index in [4.69, 9.17) is 10.5 Å². The van der Waals surface area contributed by atoms with Crippen LogP contribution in [0, 0.1) is 6.92 Å². The molecule has 3 aromatic rings. The summed E-state index contributed by atoms with van der Waals surface area (Å²) in [5.41, 5.74) is 7.58. The molecule has 18 heavy (non-hydrogen) atoms. The van der Waals surface area contributed by atoms with Gasteiger partial charge in [-0.05, 0) is 36.1 Å². The van der Waals surface area contributed by atoms with Crippen LogP contribution in [0.2, 0.25) is 0 Å². The lowest BCUT2D eigenvalue weighted by molar-refractivity contribution is 0.470. The predicted molar refractivity (Wildman–Crippen MR) is 73.1 cm³/mol. The first-order valence-corrected chi connectivity index (χ1v) is 6.34. The Morgan fingerprint density at radius 3 is 3.00 bits per heavy atom. The minimum atomic E-state index is 0.540. The van der Waals surface area contributed by atoms with E-state index in [1.54, 1.807) is 11.3 Å². The average Bonchev–Trinajstić information content (AvgIpc) is 2.83. The minimum absolute atomic E-state index is 0.540. The Kier molecular flexibility index (Phi) is 2.60. The summed E-state index contributed by atoms with van der Waals surface area (Å²) in [5.74, 6) is 1.17. The first-order chi connectivity index (χ1) is 8.74. The fourth-order valence-electron chi connectivity index (χ4n) is 1.68. The highest BCUT2D eigenvalue weighted by Crippen LogP contribution is 2.32. The molecule has 2 heterocycles. The SMILES string of the molecule is Cc1ccc(N)c(Oc2ncnc3sccc23)c1. The molecule has 1 aromatic carbocycles. The molecule has 0 bridgehead atoms. The van der Waals surface area contributed by atoms with Gasteiger partial charge in [0, 0.05) is 0 Å². The van der Waals surface area contributed by atoms with E-state index in [2.05, 4.69) is 9.97 Å². The molecule has 0 atom stereocenters. The molecule has 0 spiro atoms. The quantitative estimate of drug-likeness (QED) is 0.715. The van der Waals surface area contributed by atoms with Crippen molar-refractivity contribution in [1.82, 2.24) is 9.97 Å². The van der Waals surface area contributed by atoms with Crippen LogP contribution in [0.4, 0.5) is 5.69 Å². The number of nitrogens with two attached hydrogens (primary N) is 1. The van der Waals surface area contributed by atoms with Crippen LogP contribution >= 0.6 is 11.3 Å². The van der Waals surface area contributed by atoms with Crippen LogP contribution in [0.15, 0.2) is 36.0 Å². The van der Waals surface area contributed by atoms with Crippen molar-refractivity contribution in [2.75, 3.05) is 5.73 Å². The third kappa shape index (κ3) is 1.89. The maximum absolute atomic E-state index is 5.89. The van der Waals surface area contributed by atoms with Gasteiger partial charge in [-0.2, -0.15) is 0 Å². The molecule has 2 aromatic heterocycles. The van der Waals surface area contributed by atoms with Crippen LogP contribution in [0.25, 0.3) is 10.2 Å². The fraction of sp³-hybridized carbons (Fsp3) is 0.0769. The number of thiophene rings is 1. The van der Waals surface area contributed by atoms with Crippen LogP contribution in [0.3, 0.4) is 0 Å². The fourth-order valence-corrected chi connectivity index (χ4v) is 2.41. The molecule has 0 saturated carbocycles. The van der Waals surface area contributed by atoms with Crippen molar-refractivity contribution >= 4 is 27.2 Å². The van der Waals surface area contributed by atoms with Gasteiger partial charge in [0.2, 0.25) is 5.88 Å². The summed E-state index contributed by atoms with van der Waals surface area (Å²) < 4.78 is 5.79. The third-order valence-electron chi connectivity index (χ3n) is 2.60. The summed E-state index contributed by atoms with van der Waals surface area (Å²) >= 11 is 1.56. The lowest BCUT2D eigenvalue weighted by Crippen LogP contribution is -1.94. The molecule has 0 aliphatic rings. The summed E-state index contributed by atoms with van der Waals surface area (Å²) in [5, 5.41) is 2.87. The van der Waals surface area contributed by atoms with Gasteiger partial charge in [-0.25, -0.2) is 9.97 Å². The molecule has 0 fully saturated rings. The van der Waals surface area contributed by atoms with Gasteiger partial charge in [-0.15, -0.1) is 11.3 Å². The van der Waals surface area contributed by atoms with Crippen molar-refractivity contribution in [2.24, 2.45) is 0 Å². The average molecular weight is 257 g/mol. The Bertz CT molecular complexity index is 708. The molecule has 0 radical (unpaired) electrons. The molecule has 0 aliphatic heterocycles. The normalized spacial score (nSPS) is 10.7. The number of aryl methyl sites for hydroxylation is 1. The van der Waals surface area contributed by atoms with Crippen molar-refractivity contribution < 1.29 is 4.74 Å². The zero-order valence-electron chi connectivity index (χ0n) is 9.75. The van der Waals surface area contributed by atoms with Crippen molar-refractivity contribution in [2.45, 2.75) is 6.92 Å². The largest absolute Gasteiger partial charge is 0.436 e. The van der Waals surface area contributed by atoms with E-state index in [1.807, 2.05) is 36.6 Å². The van der Waals surface area contributed by atoms with E-state index >= 15 is 0 Å². The molecule has 5 heteroatoms. The smallest absolute Gasteiger partial charge is 0.231 e. The maximum Gasteiger partial charge on any atom is 0.231 e.